The zero-order valence-corrected chi connectivity index (χ0v) is 7.84. The summed E-state index contributed by atoms with van der Waals surface area (Å²) in [5, 5.41) is 18.1. The molecule has 0 amide bonds. The van der Waals surface area contributed by atoms with Crippen LogP contribution in [0.15, 0.2) is 18.2 Å². The van der Waals surface area contributed by atoms with Gasteiger partial charge < -0.3 is 15.9 Å². The van der Waals surface area contributed by atoms with Crippen LogP contribution in [0, 0.1) is 0 Å². The average molecular weight is 226 g/mol. The highest BCUT2D eigenvalue weighted by Gasteiger charge is 2.20. The smallest absolute Gasteiger partial charge is 0.257 e. The normalized spacial score (nSPS) is 12.3. The number of phenolic OH excluding ortho intramolecular Hbond substituents is 2. The number of rotatable bonds is 2. The molecule has 6 heteroatoms. The maximum atomic E-state index is 12.1. The highest BCUT2D eigenvalue weighted by atomic mass is 35.5. The molecule has 0 aliphatic rings. The molecule has 4 N–H and O–H groups in total. The molecule has 0 saturated heterocycles. The second-order valence-corrected chi connectivity index (χ2v) is 2.60. The van der Waals surface area contributed by atoms with Gasteiger partial charge in [-0.15, -0.1) is 12.4 Å². The van der Waals surface area contributed by atoms with Gasteiger partial charge in [0.2, 0.25) is 0 Å². The van der Waals surface area contributed by atoms with E-state index in [1.54, 1.807) is 0 Å². The molecule has 0 heterocycles. The third kappa shape index (κ3) is 2.71. The first-order valence-electron chi connectivity index (χ1n) is 3.58. The summed E-state index contributed by atoms with van der Waals surface area (Å²) in [7, 11) is 0. The summed E-state index contributed by atoms with van der Waals surface area (Å²) in [6.07, 6.45) is -2.77. The molecule has 3 nitrogen and oxygen atoms in total. The molecular weight excluding hydrogens is 216 g/mol. The number of hydrogen-bond donors (Lipinski definition) is 3. The summed E-state index contributed by atoms with van der Waals surface area (Å²) in [5.41, 5.74) is 4.93. The lowest BCUT2D eigenvalue weighted by Gasteiger charge is -2.12. The summed E-state index contributed by atoms with van der Waals surface area (Å²) in [6.45, 7) is 0. The molecule has 1 rings (SSSR count). The van der Waals surface area contributed by atoms with E-state index in [0.717, 1.165) is 12.1 Å². The van der Waals surface area contributed by atoms with E-state index in [0.29, 0.717) is 0 Å². The Balaban J connectivity index is 0.00000169. The molecule has 0 spiro atoms. The molecule has 0 aliphatic carbocycles. The summed E-state index contributed by atoms with van der Waals surface area (Å²) < 4.78 is 24.2. The van der Waals surface area contributed by atoms with Crippen LogP contribution < -0.4 is 5.73 Å². The lowest BCUT2D eigenvalue weighted by atomic mass is 10.1. The summed E-state index contributed by atoms with van der Waals surface area (Å²) in [4.78, 5) is 0. The first-order chi connectivity index (χ1) is 6.02. The van der Waals surface area contributed by atoms with Crippen molar-refractivity contribution in [2.24, 2.45) is 5.73 Å². The number of alkyl halides is 2. The second kappa shape index (κ2) is 4.97. The highest BCUT2D eigenvalue weighted by molar-refractivity contribution is 5.85. The quantitative estimate of drug-likeness (QED) is 0.673. The predicted molar refractivity (Wildman–Crippen MR) is 50.0 cm³/mol. The summed E-state index contributed by atoms with van der Waals surface area (Å²) in [6, 6.07) is 1.75. The van der Waals surface area contributed by atoms with Gasteiger partial charge in [-0.2, -0.15) is 0 Å². The number of hydrogen-bond acceptors (Lipinski definition) is 3. The first-order valence-corrected chi connectivity index (χ1v) is 3.58. The fourth-order valence-electron chi connectivity index (χ4n) is 0.945. The van der Waals surface area contributed by atoms with Crippen molar-refractivity contribution >= 4 is 12.4 Å². The number of benzene rings is 1. The van der Waals surface area contributed by atoms with Crippen LogP contribution >= 0.6 is 12.4 Å². The zero-order valence-electron chi connectivity index (χ0n) is 7.02. The van der Waals surface area contributed by atoms with Gasteiger partial charge in [-0.1, -0.05) is 0 Å². The van der Waals surface area contributed by atoms with Gasteiger partial charge in [-0.3, -0.25) is 0 Å². The van der Waals surface area contributed by atoms with Crippen molar-refractivity contribution in [3.05, 3.63) is 23.8 Å². The Morgan fingerprint density at radius 1 is 1.21 bits per heavy atom. The van der Waals surface area contributed by atoms with Gasteiger partial charge in [0.25, 0.3) is 6.43 Å². The number of aromatic hydroxyl groups is 2. The van der Waals surface area contributed by atoms with E-state index in [4.69, 9.17) is 15.9 Å². The molecule has 1 aromatic rings. The van der Waals surface area contributed by atoms with E-state index in [2.05, 4.69) is 0 Å². The van der Waals surface area contributed by atoms with E-state index in [1.807, 2.05) is 0 Å². The van der Waals surface area contributed by atoms with Gasteiger partial charge >= 0.3 is 0 Å². The Morgan fingerprint density at radius 2 is 1.79 bits per heavy atom. The Bertz CT molecular complexity index is 309. The van der Waals surface area contributed by atoms with Gasteiger partial charge in [0.1, 0.15) is 11.5 Å². The Kier molecular flexibility index (Phi) is 4.59. The van der Waals surface area contributed by atoms with Crippen LogP contribution in [-0.4, -0.2) is 16.6 Å². The molecule has 1 atom stereocenters. The zero-order chi connectivity index (χ0) is 10.0. The minimum absolute atomic E-state index is 0. The second-order valence-electron chi connectivity index (χ2n) is 2.60. The SMILES string of the molecule is Cl.N[C@H](c1cc(O)ccc1O)C(F)F. The van der Waals surface area contributed by atoms with Crippen molar-refractivity contribution in [1.29, 1.82) is 0 Å². The molecular formula is C8H10ClF2NO2. The molecule has 0 unspecified atom stereocenters. The van der Waals surface area contributed by atoms with Crippen LogP contribution in [0.5, 0.6) is 11.5 Å². The maximum Gasteiger partial charge on any atom is 0.257 e. The Hall–Kier alpha value is -1.07. The monoisotopic (exact) mass is 225 g/mol. The molecule has 80 valence electrons. The standard InChI is InChI=1S/C8H9F2NO2.ClH/c9-8(10)7(11)5-3-4(12)1-2-6(5)13;/h1-3,7-8,12-13H,11H2;1H/t7-;/m1./s1. The Morgan fingerprint density at radius 3 is 2.29 bits per heavy atom. The Labute approximate surface area is 85.6 Å². The predicted octanol–water partition coefficient (Wildman–Crippen LogP) is 1.78. The third-order valence-corrected chi connectivity index (χ3v) is 1.64. The molecule has 0 aromatic heterocycles. The van der Waals surface area contributed by atoms with Crippen LogP contribution in [0.1, 0.15) is 11.6 Å². The van der Waals surface area contributed by atoms with Crippen LogP contribution in [0.3, 0.4) is 0 Å². The lowest BCUT2D eigenvalue weighted by Crippen LogP contribution is -2.18. The van der Waals surface area contributed by atoms with Gasteiger partial charge in [0, 0.05) is 5.56 Å². The van der Waals surface area contributed by atoms with E-state index in [-0.39, 0.29) is 29.5 Å². The van der Waals surface area contributed by atoms with Gasteiger partial charge in [0.05, 0.1) is 6.04 Å². The fourth-order valence-corrected chi connectivity index (χ4v) is 0.945. The molecule has 0 fully saturated rings. The van der Waals surface area contributed by atoms with Crippen molar-refractivity contribution in [3.63, 3.8) is 0 Å². The van der Waals surface area contributed by atoms with Gasteiger partial charge in [-0.05, 0) is 18.2 Å². The molecule has 14 heavy (non-hydrogen) atoms. The minimum Gasteiger partial charge on any atom is -0.508 e. The molecule has 0 bridgehead atoms. The van der Waals surface area contributed by atoms with Crippen molar-refractivity contribution in [3.8, 4) is 11.5 Å². The molecule has 0 radical (unpaired) electrons. The summed E-state index contributed by atoms with van der Waals surface area (Å²) >= 11 is 0. The van der Waals surface area contributed by atoms with Gasteiger partial charge in [0.15, 0.2) is 0 Å². The maximum absolute atomic E-state index is 12.1. The van der Waals surface area contributed by atoms with Crippen LogP contribution in [0.4, 0.5) is 8.78 Å². The van der Waals surface area contributed by atoms with Crippen LogP contribution in [-0.2, 0) is 0 Å². The molecule has 1 aromatic carbocycles. The molecule has 0 saturated carbocycles. The van der Waals surface area contributed by atoms with Gasteiger partial charge in [-0.25, -0.2) is 8.78 Å². The van der Waals surface area contributed by atoms with Crippen molar-refractivity contribution in [2.75, 3.05) is 0 Å². The van der Waals surface area contributed by atoms with Crippen molar-refractivity contribution in [1.82, 2.24) is 0 Å². The van der Waals surface area contributed by atoms with Crippen LogP contribution in [0.2, 0.25) is 0 Å². The van der Waals surface area contributed by atoms with Crippen molar-refractivity contribution < 1.29 is 19.0 Å². The minimum atomic E-state index is -2.77. The number of nitrogens with two attached hydrogens (primary N) is 1. The number of halogens is 3. The summed E-state index contributed by atoms with van der Waals surface area (Å²) in [5.74, 6) is -0.547. The largest absolute Gasteiger partial charge is 0.508 e. The number of phenols is 2. The van der Waals surface area contributed by atoms with E-state index in [1.165, 1.54) is 6.07 Å². The fraction of sp³-hybridized carbons (Fsp3) is 0.250. The van der Waals surface area contributed by atoms with E-state index < -0.39 is 12.5 Å². The molecule has 0 aliphatic heterocycles. The van der Waals surface area contributed by atoms with Crippen molar-refractivity contribution in [2.45, 2.75) is 12.5 Å². The van der Waals surface area contributed by atoms with Crippen LogP contribution in [0.25, 0.3) is 0 Å². The van der Waals surface area contributed by atoms with E-state index in [9.17, 15) is 8.78 Å². The average Bonchev–Trinajstić information content (AvgIpc) is 2.08. The van der Waals surface area contributed by atoms with E-state index >= 15 is 0 Å². The first kappa shape index (κ1) is 12.9. The highest BCUT2D eigenvalue weighted by Crippen LogP contribution is 2.29. The third-order valence-electron chi connectivity index (χ3n) is 1.64. The lowest BCUT2D eigenvalue weighted by molar-refractivity contribution is 0.115. The topological polar surface area (TPSA) is 66.5 Å².